The Balaban J connectivity index is 1.90. The molecule has 6 nitrogen and oxygen atoms in total. The number of hydrogen-bond acceptors (Lipinski definition) is 5. The molecule has 3 aliphatic rings. The molecule has 0 saturated carbocycles. The van der Waals surface area contributed by atoms with Gasteiger partial charge in [-0.25, -0.2) is 0 Å². The number of carbonyl (C=O) groups is 2. The van der Waals surface area contributed by atoms with E-state index in [1.807, 2.05) is 13.0 Å². The van der Waals surface area contributed by atoms with Gasteiger partial charge in [-0.05, 0) is 38.0 Å². The molecule has 172 valence electrons. The lowest BCUT2D eigenvalue weighted by atomic mass is 9.63. The average Bonchev–Trinajstić information content (AvgIpc) is 3.05. The van der Waals surface area contributed by atoms with E-state index in [0.29, 0.717) is 17.7 Å². The summed E-state index contributed by atoms with van der Waals surface area (Å²) in [7, 11) is 0. The van der Waals surface area contributed by atoms with Gasteiger partial charge in [0.2, 0.25) is 5.91 Å². The largest absolute Gasteiger partial charge is 0.418 e. The van der Waals surface area contributed by atoms with Crippen molar-refractivity contribution in [1.29, 1.82) is 5.26 Å². The maximum atomic E-state index is 13.9. The number of rotatable bonds is 1. The number of hydrogen-bond donors (Lipinski definition) is 2. The van der Waals surface area contributed by atoms with Crippen LogP contribution in [0.4, 0.5) is 24.5 Å². The number of nitriles is 1. The summed E-state index contributed by atoms with van der Waals surface area (Å²) in [5.41, 5.74) is 4.98. The lowest BCUT2D eigenvalue weighted by Crippen LogP contribution is -2.51. The van der Waals surface area contributed by atoms with Gasteiger partial charge < -0.3 is 11.1 Å². The molecule has 0 bridgehead atoms. The van der Waals surface area contributed by atoms with Crippen LogP contribution in [0, 0.1) is 18.3 Å². The van der Waals surface area contributed by atoms with E-state index >= 15 is 0 Å². The smallest absolute Gasteiger partial charge is 0.384 e. The number of aryl methyl sites for hydroxylation is 1. The number of amides is 1. The maximum Gasteiger partial charge on any atom is 0.418 e. The Morgan fingerprint density at radius 2 is 1.88 bits per heavy atom. The number of halogens is 3. The zero-order valence-electron chi connectivity index (χ0n) is 18.1. The molecule has 3 N–H and O–H groups in total. The third-order valence-electron chi connectivity index (χ3n) is 6.63. The summed E-state index contributed by atoms with van der Waals surface area (Å²) >= 11 is 0. The second-order valence-corrected chi connectivity index (χ2v) is 8.57. The van der Waals surface area contributed by atoms with Gasteiger partial charge in [-0.1, -0.05) is 29.8 Å². The third-order valence-corrected chi connectivity index (χ3v) is 6.63. The van der Waals surface area contributed by atoms with Gasteiger partial charge in [0.05, 0.1) is 16.8 Å². The number of fused-ring (bicyclic) bond motifs is 3. The summed E-state index contributed by atoms with van der Waals surface area (Å²) in [5.74, 6) is -1.29. The van der Waals surface area contributed by atoms with Crippen molar-refractivity contribution in [2.75, 3.05) is 10.2 Å². The molecule has 2 aliphatic heterocycles. The molecule has 1 aliphatic carbocycles. The van der Waals surface area contributed by atoms with E-state index in [1.54, 1.807) is 18.2 Å². The maximum absolute atomic E-state index is 13.9. The van der Waals surface area contributed by atoms with E-state index in [-0.39, 0.29) is 47.0 Å². The highest BCUT2D eigenvalue weighted by atomic mass is 19.4. The Labute approximate surface area is 193 Å². The molecule has 0 unspecified atom stereocenters. The molecular weight excluding hydrogens is 445 g/mol. The number of nitrogens with one attached hydrogen (secondary N) is 1. The predicted octanol–water partition coefficient (Wildman–Crippen LogP) is 4.42. The first-order chi connectivity index (χ1) is 16.1. The molecule has 34 heavy (non-hydrogen) atoms. The number of nitrogens with zero attached hydrogens (tertiary/aromatic N) is 2. The van der Waals surface area contributed by atoms with E-state index in [1.165, 1.54) is 18.2 Å². The molecule has 1 atom stereocenters. The Morgan fingerprint density at radius 1 is 1.15 bits per heavy atom. The number of allylic oxidation sites excluding steroid dienone is 1. The van der Waals surface area contributed by atoms with Crippen LogP contribution in [0.1, 0.15) is 36.0 Å². The van der Waals surface area contributed by atoms with Crippen LogP contribution in [-0.4, -0.2) is 11.7 Å². The zero-order chi connectivity index (χ0) is 24.4. The van der Waals surface area contributed by atoms with Crippen LogP contribution < -0.4 is 16.0 Å². The summed E-state index contributed by atoms with van der Waals surface area (Å²) in [6.07, 6.45) is -3.98. The van der Waals surface area contributed by atoms with E-state index in [4.69, 9.17) is 5.73 Å². The van der Waals surface area contributed by atoms with E-state index in [2.05, 4.69) is 5.32 Å². The Bertz CT molecular complexity index is 1380. The van der Waals surface area contributed by atoms with Crippen molar-refractivity contribution >= 4 is 23.1 Å². The minimum absolute atomic E-state index is 0.0170. The fourth-order valence-corrected chi connectivity index (χ4v) is 5.29. The number of nitrogens with two attached hydrogens (primary N) is 1. The number of ketones is 1. The minimum atomic E-state index is -4.70. The van der Waals surface area contributed by atoms with Crippen LogP contribution in [0.25, 0.3) is 0 Å². The van der Waals surface area contributed by atoms with Gasteiger partial charge >= 0.3 is 6.18 Å². The molecular formula is C25H19F3N4O2. The monoisotopic (exact) mass is 464 g/mol. The molecule has 1 amide bonds. The second-order valence-electron chi connectivity index (χ2n) is 8.57. The first kappa shape index (κ1) is 21.8. The van der Waals surface area contributed by atoms with Crippen LogP contribution in [-0.2, 0) is 21.2 Å². The third kappa shape index (κ3) is 2.75. The van der Waals surface area contributed by atoms with Crippen LogP contribution in [0.15, 0.2) is 65.1 Å². The van der Waals surface area contributed by atoms with Crippen molar-refractivity contribution in [3.05, 3.63) is 81.8 Å². The predicted molar refractivity (Wildman–Crippen MR) is 118 cm³/mol. The van der Waals surface area contributed by atoms with Gasteiger partial charge in [-0.15, -0.1) is 0 Å². The van der Waals surface area contributed by atoms with E-state index < -0.39 is 23.1 Å². The lowest BCUT2D eigenvalue weighted by molar-refractivity contribution is -0.137. The van der Waals surface area contributed by atoms with Crippen molar-refractivity contribution < 1.29 is 22.8 Å². The molecule has 2 heterocycles. The fourth-order valence-electron chi connectivity index (χ4n) is 5.29. The van der Waals surface area contributed by atoms with Crippen LogP contribution >= 0.6 is 0 Å². The molecule has 0 fully saturated rings. The topological polar surface area (TPSA) is 99.2 Å². The molecule has 9 heteroatoms. The van der Waals surface area contributed by atoms with Crippen molar-refractivity contribution in [2.24, 2.45) is 5.73 Å². The fraction of sp³-hybridized carbons (Fsp3) is 0.240. The summed E-state index contributed by atoms with van der Waals surface area (Å²) in [6.45, 7) is 1.81. The number of benzene rings is 2. The summed E-state index contributed by atoms with van der Waals surface area (Å²) in [4.78, 5) is 28.1. The highest BCUT2D eigenvalue weighted by Gasteiger charge is 2.60. The van der Waals surface area contributed by atoms with E-state index in [0.717, 1.165) is 16.5 Å². The van der Waals surface area contributed by atoms with Crippen molar-refractivity contribution in [1.82, 2.24) is 0 Å². The average molecular weight is 464 g/mol. The number of para-hydroxylation sites is 1. The first-order valence-corrected chi connectivity index (χ1v) is 10.7. The SMILES string of the molecule is Cc1ccc2c(c1)[C@@]1(C(=O)N2)C(C#N)=C(N)N(c2ccccc2C(F)(F)F)C2=C1C(=O)CCC2. The molecule has 2 aromatic rings. The zero-order valence-corrected chi connectivity index (χ0v) is 18.1. The summed E-state index contributed by atoms with van der Waals surface area (Å²) in [5, 5.41) is 13.0. The number of carbonyl (C=O) groups excluding carboxylic acids is 2. The first-order valence-electron chi connectivity index (χ1n) is 10.7. The second kappa shape index (κ2) is 7.22. The van der Waals surface area contributed by atoms with Crippen LogP contribution in [0.3, 0.4) is 0 Å². The minimum Gasteiger partial charge on any atom is -0.384 e. The molecule has 0 radical (unpaired) electrons. The van der Waals surface area contributed by atoms with Gasteiger partial charge in [-0.3, -0.25) is 14.5 Å². The van der Waals surface area contributed by atoms with Crippen molar-refractivity contribution in [3.63, 3.8) is 0 Å². The van der Waals surface area contributed by atoms with Gasteiger partial charge in [0.25, 0.3) is 0 Å². The number of anilines is 2. The normalized spacial score (nSPS) is 22.0. The standard InChI is InChI=1S/C25H19F3N4O2/c1-13-9-10-17-15(11-13)24(23(34)31-17)16(12-29)22(30)32(19-7-4-8-20(33)21(19)24)18-6-3-2-5-14(18)25(26,27)28/h2-3,5-6,9-11H,4,7-8,30H2,1H3,(H,31,34)/t24-/m1/s1. The highest BCUT2D eigenvalue weighted by molar-refractivity contribution is 6.19. The summed E-state index contributed by atoms with van der Waals surface area (Å²) < 4.78 is 41.7. The van der Waals surface area contributed by atoms with Crippen LogP contribution in [0.2, 0.25) is 0 Å². The van der Waals surface area contributed by atoms with Gasteiger partial charge in [-0.2, -0.15) is 18.4 Å². The van der Waals surface area contributed by atoms with Crippen LogP contribution in [0.5, 0.6) is 0 Å². The Kier molecular flexibility index (Phi) is 4.62. The van der Waals surface area contributed by atoms with Crippen molar-refractivity contribution in [3.8, 4) is 6.07 Å². The number of alkyl halides is 3. The Morgan fingerprint density at radius 3 is 2.59 bits per heavy atom. The molecule has 5 rings (SSSR count). The lowest BCUT2D eigenvalue weighted by Gasteiger charge is -2.44. The molecule has 0 saturated heterocycles. The number of Topliss-reactive ketones (excluding diaryl/α,β-unsaturated/α-hetero) is 1. The molecule has 0 aromatic heterocycles. The quantitative estimate of drug-likeness (QED) is 0.651. The van der Waals surface area contributed by atoms with Gasteiger partial charge in [0.15, 0.2) is 5.78 Å². The Hall–Kier alpha value is -4.06. The molecule has 1 spiro atoms. The van der Waals surface area contributed by atoms with Gasteiger partial charge in [0.1, 0.15) is 17.3 Å². The van der Waals surface area contributed by atoms with E-state index in [9.17, 15) is 28.0 Å². The van der Waals surface area contributed by atoms with Gasteiger partial charge in [0, 0.05) is 28.9 Å². The highest BCUT2D eigenvalue weighted by Crippen LogP contribution is 2.56. The molecule has 2 aromatic carbocycles. The van der Waals surface area contributed by atoms with Crippen molar-refractivity contribution in [2.45, 2.75) is 37.8 Å². The summed E-state index contributed by atoms with van der Waals surface area (Å²) in [6, 6.07) is 12.0.